The van der Waals surface area contributed by atoms with Crippen LogP contribution < -0.4 is 10.1 Å². The van der Waals surface area contributed by atoms with Crippen LogP contribution in [0, 0.1) is 5.92 Å². The van der Waals surface area contributed by atoms with Crippen LogP contribution in [-0.2, 0) is 13.0 Å². The maximum Gasteiger partial charge on any atom is 0.123 e. The maximum atomic E-state index is 5.95. The van der Waals surface area contributed by atoms with Crippen molar-refractivity contribution in [2.24, 2.45) is 5.92 Å². The van der Waals surface area contributed by atoms with Gasteiger partial charge in [0.05, 0.1) is 0 Å². The number of rotatable bonds is 3. The molecule has 2 aliphatic rings. The monoisotopic (exact) mass is 287 g/mol. The van der Waals surface area contributed by atoms with Gasteiger partial charge in [0, 0.05) is 19.0 Å². The van der Waals surface area contributed by atoms with Gasteiger partial charge in [-0.25, -0.2) is 0 Å². The molecular weight excluding hydrogens is 258 g/mol. The molecule has 0 radical (unpaired) electrons. The van der Waals surface area contributed by atoms with Gasteiger partial charge >= 0.3 is 0 Å². The summed E-state index contributed by atoms with van der Waals surface area (Å²) in [7, 11) is 0. The molecule has 2 heteroatoms. The van der Waals surface area contributed by atoms with Crippen LogP contribution in [0.25, 0.3) is 0 Å². The Hall–Kier alpha value is -1.02. The first-order valence-corrected chi connectivity index (χ1v) is 8.56. The summed E-state index contributed by atoms with van der Waals surface area (Å²) in [6, 6.07) is 7.40. The van der Waals surface area contributed by atoms with Crippen molar-refractivity contribution in [1.82, 2.24) is 5.32 Å². The third-order valence-electron chi connectivity index (χ3n) is 4.98. The van der Waals surface area contributed by atoms with Crippen LogP contribution in [0.5, 0.6) is 5.75 Å². The van der Waals surface area contributed by atoms with Crippen molar-refractivity contribution in [3.05, 3.63) is 29.3 Å². The highest BCUT2D eigenvalue weighted by Crippen LogP contribution is 2.35. The van der Waals surface area contributed by atoms with Crippen LogP contribution in [0.2, 0.25) is 0 Å². The van der Waals surface area contributed by atoms with Gasteiger partial charge in [-0.05, 0) is 56.2 Å². The Kier molecular flexibility index (Phi) is 4.26. The molecule has 3 rings (SSSR count). The SMILES string of the molecule is CC1CCCC(NCc2ccc3c(c2)CC(C)(C)O3)CC1. The van der Waals surface area contributed by atoms with Gasteiger partial charge in [0.15, 0.2) is 0 Å². The second-order valence-corrected chi connectivity index (χ2v) is 7.67. The van der Waals surface area contributed by atoms with Crippen LogP contribution in [0.15, 0.2) is 18.2 Å². The summed E-state index contributed by atoms with van der Waals surface area (Å²) >= 11 is 0. The molecule has 0 saturated heterocycles. The number of fused-ring (bicyclic) bond motifs is 1. The Bertz CT molecular complexity index is 494. The fraction of sp³-hybridized carbons (Fsp3) is 0.684. The molecule has 1 heterocycles. The van der Waals surface area contributed by atoms with Crippen LogP contribution in [0.4, 0.5) is 0 Å². The average Bonchev–Trinajstić information content (AvgIpc) is 2.58. The fourth-order valence-electron chi connectivity index (χ4n) is 3.73. The van der Waals surface area contributed by atoms with Gasteiger partial charge in [-0.2, -0.15) is 0 Å². The van der Waals surface area contributed by atoms with Gasteiger partial charge in [-0.15, -0.1) is 0 Å². The summed E-state index contributed by atoms with van der Waals surface area (Å²) in [5, 5.41) is 3.77. The zero-order valence-corrected chi connectivity index (χ0v) is 13.7. The van der Waals surface area contributed by atoms with Gasteiger partial charge in [0.1, 0.15) is 11.4 Å². The molecule has 1 aliphatic heterocycles. The Morgan fingerprint density at radius 1 is 1.19 bits per heavy atom. The van der Waals surface area contributed by atoms with E-state index in [0.717, 1.165) is 24.6 Å². The molecular formula is C19H29NO. The number of hydrogen-bond acceptors (Lipinski definition) is 2. The van der Waals surface area contributed by atoms with E-state index in [-0.39, 0.29) is 5.60 Å². The molecule has 1 aromatic carbocycles. The van der Waals surface area contributed by atoms with E-state index in [1.165, 1.54) is 43.2 Å². The summed E-state index contributed by atoms with van der Waals surface area (Å²) in [5.41, 5.74) is 2.73. The van der Waals surface area contributed by atoms with Crippen LogP contribution in [-0.4, -0.2) is 11.6 Å². The minimum atomic E-state index is -0.0359. The molecule has 1 aliphatic carbocycles. The first kappa shape index (κ1) is 14.9. The highest BCUT2D eigenvalue weighted by Gasteiger charge is 2.29. The van der Waals surface area contributed by atoms with E-state index in [9.17, 15) is 0 Å². The Morgan fingerprint density at radius 3 is 2.90 bits per heavy atom. The zero-order chi connectivity index (χ0) is 14.9. The average molecular weight is 287 g/mol. The second kappa shape index (κ2) is 6.00. The van der Waals surface area contributed by atoms with Crippen molar-refractivity contribution < 1.29 is 4.74 Å². The van der Waals surface area contributed by atoms with Gasteiger partial charge in [0.25, 0.3) is 0 Å². The van der Waals surface area contributed by atoms with Crippen molar-refractivity contribution in [1.29, 1.82) is 0 Å². The number of ether oxygens (including phenoxy) is 1. The van der Waals surface area contributed by atoms with E-state index < -0.39 is 0 Å². The molecule has 1 N–H and O–H groups in total. The largest absolute Gasteiger partial charge is 0.487 e. The lowest BCUT2D eigenvalue weighted by Crippen LogP contribution is -2.28. The van der Waals surface area contributed by atoms with Crippen LogP contribution >= 0.6 is 0 Å². The maximum absolute atomic E-state index is 5.95. The highest BCUT2D eigenvalue weighted by atomic mass is 16.5. The molecule has 21 heavy (non-hydrogen) atoms. The summed E-state index contributed by atoms with van der Waals surface area (Å²) in [6.07, 6.45) is 7.86. The summed E-state index contributed by atoms with van der Waals surface area (Å²) < 4.78 is 5.95. The lowest BCUT2D eigenvalue weighted by Gasteiger charge is -2.17. The molecule has 2 unspecified atom stereocenters. The smallest absolute Gasteiger partial charge is 0.123 e. The Balaban J connectivity index is 1.57. The topological polar surface area (TPSA) is 21.3 Å². The predicted octanol–water partition coefficient (Wildman–Crippen LogP) is 4.46. The second-order valence-electron chi connectivity index (χ2n) is 7.67. The minimum Gasteiger partial charge on any atom is -0.487 e. The van der Waals surface area contributed by atoms with Gasteiger partial charge in [-0.1, -0.05) is 31.9 Å². The van der Waals surface area contributed by atoms with E-state index in [4.69, 9.17) is 4.74 Å². The fourth-order valence-corrected chi connectivity index (χ4v) is 3.73. The lowest BCUT2D eigenvalue weighted by molar-refractivity contribution is 0.138. The summed E-state index contributed by atoms with van der Waals surface area (Å²) in [5.74, 6) is 1.99. The summed E-state index contributed by atoms with van der Waals surface area (Å²) in [6.45, 7) is 7.71. The van der Waals surface area contributed by atoms with Gasteiger partial charge in [-0.3, -0.25) is 0 Å². The van der Waals surface area contributed by atoms with Crippen molar-refractivity contribution in [3.63, 3.8) is 0 Å². The molecule has 116 valence electrons. The van der Waals surface area contributed by atoms with E-state index >= 15 is 0 Å². The molecule has 1 fully saturated rings. The molecule has 2 nitrogen and oxygen atoms in total. The first-order valence-electron chi connectivity index (χ1n) is 8.56. The molecule has 0 bridgehead atoms. The number of hydrogen-bond donors (Lipinski definition) is 1. The molecule has 2 atom stereocenters. The highest BCUT2D eigenvalue weighted by molar-refractivity contribution is 5.41. The Labute approximate surface area is 129 Å². The number of nitrogens with one attached hydrogen (secondary N) is 1. The number of benzene rings is 1. The van der Waals surface area contributed by atoms with Crippen LogP contribution in [0.1, 0.15) is 64.0 Å². The molecule has 1 aromatic rings. The van der Waals surface area contributed by atoms with Crippen molar-refractivity contribution in [2.75, 3.05) is 0 Å². The third-order valence-corrected chi connectivity index (χ3v) is 4.98. The molecule has 1 saturated carbocycles. The van der Waals surface area contributed by atoms with Crippen LogP contribution in [0.3, 0.4) is 0 Å². The van der Waals surface area contributed by atoms with Crippen molar-refractivity contribution in [3.8, 4) is 5.75 Å². The molecule has 0 spiro atoms. The van der Waals surface area contributed by atoms with Crippen molar-refractivity contribution in [2.45, 2.75) is 77.5 Å². The summed E-state index contributed by atoms with van der Waals surface area (Å²) in [4.78, 5) is 0. The van der Waals surface area contributed by atoms with Gasteiger partial charge in [0.2, 0.25) is 0 Å². The van der Waals surface area contributed by atoms with E-state index in [0.29, 0.717) is 6.04 Å². The van der Waals surface area contributed by atoms with E-state index in [2.05, 4.69) is 44.3 Å². The minimum absolute atomic E-state index is 0.0359. The first-order chi connectivity index (χ1) is 10.0. The standard InChI is InChI=1S/C19H29NO/c1-14-5-4-6-17(9-7-14)20-13-15-8-10-18-16(11-15)12-19(2,3)21-18/h8,10-11,14,17,20H,4-7,9,12-13H2,1-3H3. The third kappa shape index (κ3) is 3.79. The quantitative estimate of drug-likeness (QED) is 0.829. The predicted molar refractivity (Wildman–Crippen MR) is 87.7 cm³/mol. The van der Waals surface area contributed by atoms with E-state index in [1.807, 2.05) is 0 Å². The van der Waals surface area contributed by atoms with Gasteiger partial charge < -0.3 is 10.1 Å². The zero-order valence-electron chi connectivity index (χ0n) is 13.7. The normalized spacial score (nSPS) is 27.8. The van der Waals surface area contributed by atoms with Crippen molar-refractivity contribution >= 4 is 0 Å². The molecule has 0 aromatic heterocycles. The molecule has 0 amide bonds. The Morgan fingerprint density at radius 2 is 2.05 bits per heavy atom. The lowest BCUT2D eigenvalue weighted by atomic mass is 10.00. The van der Waals surface area contributed by atoms with E-state index in [1.54, 1.807) is 0 Å².